The first-order chi connectivity index (χ1) is 8.04. The molecule has 90 valence electrons. The first kappa shape index (κ1) is 12.2. The number of halogens is 1. The Morgan fingerprint density at radius 2 is 2.00 bits per heavy atom. The van der Waals surface area contributed by atoms with Crippen LogP contribution in [0.4, 0.5) is 0 Å². The van der Waals surface area contributed by atoms with Crippen molar-refractivity contribution in [1.29, 1.82) is 0 Å². The molecular formula is C14H15ClO2. The monoisotopic (exact) mass is 250 g/mol. The van der Waals surface area contributed by atoms with Crippen LogP contribution >= 0.6 is 11.6 Å². The number of carbonyl (C=O) groups is 1. The van der Waals surface area contributed by atoms with Gasteiger partial charge in [0, 0.05) is 16.0 Å². The molecule has 0 radical (unpaired) electrons. The van der Waals surface area contributed by atoms with Gasteiger partial charge in [-0.25, -0.2) is 4.79 Å². The molecule has 0 amide bonds. The first-order valence-electron chi connectivity index (χ1n) is 5.74. The number of hydrogen-bond donors (Lipinski definition) is 1. The molecule has 1 atom stereocenters. The van der Waals surface area contributed by atoms with Crippen molar-refractivity contribution in [3.63, 3.8) is 0 Å². The van der Waals surface area contributed by atoms with Crippen LogP contribution in [0.1, 0.15) is 31.7 Å². The lowest BCUT2D eigenvalue weighted by molar-refractivity contribution is -0.133. The summed E-state index contributed by atoms with van der Waals surface area (Å²) in [6.07, 6.45) is 4.59. The van der Waals surface area contributed by atoms with Crippen molar-refractivity contribution in [3.05, 3.63) is 46.5 Å². The van der Waals surface area contributed by atoms with E-state index in [2.05, 4.69) is 0 Å². The van der Waals surface area contributed by atoms with Gasteiger partial charge in [0.2, 0.25) is 0 Å². The second-order valence-electron chi connectivity index (χ2n) is 4.65. The summed E-state index contributed by atoms with van der Waals surface area (Å²) < 4.78 is 0. The highest BCUT2D eigenvalue weighted by Gasteiger charge is 2.36. The molecule has 0 aromatic heterocycles. The zero-order chi connectivity index (χ0) is 12.5. The minimum absolute atomic E-state index is 0.394. The Balaban J connectivity index is 2.46. The molecule has 0 saturated carbocycles. The summed E-state index contributed by atoms with van der Waals surface area (Å²) in [6.45, 7) is 2.00. The average molecular weight is 251 g/mol. The van der Waals surface area contributed by atoms with E-state index in [0.717, 1.165) is 24.8 Å². The SMILES string of the molecule is CC1(c2ccc(Cl)cc2)CCCC=C1C(=O)O. The molecule has 0 saturated heterocycles. The van der Waals surface area contributed by atoms with Gasteiger partial charge in [-0.15, -0.1) is 0 Å². The van der Waals surface area contributed by atoms with E-state index in [1.807, 2.05) is 37.3 Å². The molecule has 0 aliphatic heterocycles. The van der Waals surface area contributed by atoms with Gasteiger partial charge in [0.1, 0.15) is 0 Å². The Bertz CT molecular complexity index is 462. The van der Waals surface area contributed by atoms with Crippen molar-refractivity contribution in [3.8, 4) is 0 Å². The number of allylic oxidation sites excluding steroid dienone is 1. The van der Waals surface area contributed by atoms with Crippen LogP contribution in [0.3, 0.4) is 0 Å². The fourth-order valence-electron chi connectivity index (χ4n) is 2.50. The van der Waals surface area contributed by atoms with Gasteiger partial charge in [0.15, 0.2) is 0 Å². The molecule has 2 rings (SSSR count). The van der Waals surface area contributed by atoms with Crippen LogP contribution in [0.5, 0.6) is 0 Å². The number of benzene rings is 1. The molecule has 0 fully saturated rings. The summed E-state index contributed by atoms with van der Waals surface area (Å²) >= 11 is 5.86. The lowest BCUT2D eigenvalue weighted by atomic mass is 9.69. The van der Waals surface area contributed by atoms with E-state index in [1.165, 1.54) is 0 Å². The fourth-order valence-corrected chi connectivity index (χ4v) is 2.63. The highest BCUT2D eigenvalue weighted by molar-refractivity contribution is 6.30. The Hall–Kier alpha value is -1.28. The molecule has 1 aromatic carbocycles. The number of carboxylic acids is 1. The normalized spacial score (nSPS) is 24.2. The number of carboxylic acid groups (broad SMARTS) is 1. The molecule has 0 spiro atoms. The van der Waals surface area contributed by atoms with Gasteiger partial charge in [0.25, 0.3) is 0 Å². The second-order valence-corrected chi connectivity index (χ2v) is 5.09. The van der Waals surface area contributed by atoms with Crippen molar-refractivity contribution < 1.29 is 9.90 Å². The van der Waals surface area contributed by atoms with Gasteiger partial charge in [-0.1, -0.05) is 36.7 Å². The summed E-state index contributed by atoms with van der Waals surface area (Å²) in [7, 11) is 0. The third kappa shape index (κ3) is 2.22. The zero-order valence-electron chi connectivity index (χ0n) is 9.74. The van der Waals surface area contributed by atoms with Gasteiger partial charge < -0.3 is 5.11 Å². The quantitative estimate of drug-likeness (QED) is 0.867. The standard InChI is InChI=1S/C14H15ClO2/c1-14(10-5-7-11(15)8-6-10)9-3-2-4-12(14)13(16)17/h4-8H,2-3,9H2,1H3,(H,16,17). The summed E-state index contributed by atoms with van der Waals surface area (Å²) in [5.74, 6) is -0.817. The highest BCUT2D eigenvalue weighted by atomic mass is 35.5. The fraction of sp³-hybridized carbons (Fsp3) is 0.357. The first-order valence-corrected chi connectivity index (χ1v) is 6.12. The lowest BCUT2D eigenvalue weighted by Gasteiger charge is -2.34. The van der Waals surface area contributed by atoms with Gasteiger partial charge in [-0.2, -0.15) is 0 Å². The third-order valence-corrected chi connectivity index (χ3v) is 3.79. The van der Waals surface area contributed by atoms with E-state index in [0.29, 0.717) is 10.6 Å². The molecule has 1 unspecified atom stereocenters. The molecule has 1 N–H and O–H groups in total. The Kier molecular flexibility index (Phi) is 3.25. The van der Waals surface area contributed by atoms with Gasteiger partial charge in [0.05, 0.1) is 0 Å². The van der Waals surface area contributed by atoms with Crippen LogP contribution in [-0.2, 0) is 10.2 Å². The van der Waals surface area contributed by atoms with E-state index in [4.69, 9.17) is 11.6 Å². The lowest BCUT2D eigenvalue weighted by Crippen LogP contribution is -2.31. The number of rotatable bonds is 2. The van der Waals surface area contributed by atoms with Gasteiger partial charge in [-0.05, 0) is 37.0 Å². The maximum absolute atomic E-state index is 11.3. The molecule has 0 heterocycles. The minimum Gasteiger partial charge on any atom is -0.478 e. The van der Waals surface area contributed by atoms with Crippen molar-refractivity contribution in [1.82, 2.24) is 0 Å². The molecule has 17 heavy (non-hydrogen) atoms. The third-order valence-electron chi connectivity index (χ3n) is 3.54. The Labute approximate surface area is 106 Å². The summed E-state index contributed by atoms with van der Waals surface area (Å²) in [5, 5.41) is 9.97. The van der Waals surface area contributed by atoms with Crippen molar-refractivity contribution in [2.24, 2.45) is 0 Å². The van der Waals surface area contributed by atoms with Crippen molar-refractivity contribution >= 4 is 17.6 Å². The van der Waals surface area contributed by atoms with E-state index in [-0.39, 0.29) is 0 Å². The Morgan fingerprint density at radius 3 is 2.59 bits per heavy atom. The van der Waals surface area contributed by atoms with E-state index < -0.39 is 11.4 Å². The second kappa shape index (κ2) is 4.53. The van der Waals surface area contributed by atoms with Crippen LogP contribution in [0.2, 0.25) is 5.02 Å². The predicted octanol–water partition coefficient (Wildman–Crippen LogP) is 3.79. The summed E-state index contributed by atoms with van der Waals surface area (Å²) in [4.78, 5) is 11.3. The molecule has 1 aliphatic rings. The van der Waals surface area contributed by atoms with E-state index in [9.17, 15) is 9.90 Å². The minimum atomic E-state index is -0.817. The molecule has 1 aliphatic carbocycles. The summed E-state index contributed by atoms with van der Waals surface area (Å²) in [5.41, 5.74) is 1.13. The average Bonchev–Trinajstić information content (AvgIpc) is 2.29. The highest BCUT2D eigenvalue weighted by Crippen LogP contribution is 2.40. The molecule has 1 aromatic rings. The van der Waals surface area contributed by atoms with Gasteiger partial charge >= 0.3 is 5.97 Å². The van der Waals surface area contributed by atoms with Crippen LogP contribution in [0, 0.1) is 0 Å². The summed E-state index contributed by atoms with van der Waals surface area (Å²) in [6, 6.07) is 7.47. The van der Waals surface area contributed by atoms with Crippen molar-refractivity contribution in [2.45, 2.75) is 31.6 Å². The van der Waals surface area contributed by atoms with Gasteiger partial charge in [-0.3, -0.25) is 0 Å². The number of aliphatic carboxylic acids is 1. The van der Waals surface area contributed by atoms with Crippen molar-refractivity contribution in [2.75, 3.05) is 0 Å². The maximum Gasteiger partial charge on any atom is 0.332 e. The van der Waals surface area contributed by atoms with Crippen LogP contribution in [-0.4, -0.2) is 11.1 Å². The predicted molar refractivity (Wildman–Crippen MR) is 68.4 cm³/mol. The maximum atomic E-state index is 11.3. The van der Waals surface area contributed by atoms with E-state index >= 15 is 0 Å². The number of hydrogen-bond acceptors (Lipinski definition) is 1. The zero-order valence-corrected chi connectivity index (χ0v) is 10.5. The van der Waals surface area contributed by atoms with Crippen LogP contribution < -0.4 is 0 Å². The largest absolute Gasteiger partial charge is 0.478 e. The molecule has 0 bridgehead atoms. The van der Waals surface area contributed by atoms with E-state index in [1.54, 1.807) is 0 Å². The van der Waals surface area contributed by atoms with Crippen LogP contribution in [0.25, 0.3) is 0 Å². The molecule has 3 heteroatoms. The smallest absolute Gasteiger partial charge is 0.332 e. The molecule has 2 nitrogen and oxygen atoms in total. The molecular weight excluding hydrogens is 236 g/mol. The topological polar surface area (TPSA) is 37.3 Å². The Morgan fingerprint density at radius 1 is 1.35 bits per heavy atom. The van der Waals surface area contributed by atoms with Crippen LogP contribution in [0.15, 0.2) is 35.9 Å².